The van der Waals surface area contributed by atoms with E-state index in [0.717, 1.165) is 5.56 Å². The lowest BCUT2D eigenvalue weighted by molar-refractivity contribution is -0.134. The molecule has 3 rings (SSSR count). The molecule has 1 aliphatic rings. The number of hydrazone groups is 1. The van der Waals surface area contributed by atoms with E-state index in [1.807, 2.05) is 48.5 Å². The second-order valence-corrected chi connectivity index (χ2v) is 5.59. The quantitative estimate of drug-likeness (QED) is 0.674. The number of primary amides is 1. The Balaban J connectivity index is 1.65. The maximum Gasteiger partial charge on any atom is 0.355 e. The van der Waals surface area contributed by atoms with Crippen molar-refractivity contribution in [1.82, 2.24) is 0 Å². The number of hydrogen-bond donors (Lipinski definition) is 1. The monoisotopic (exact) mass is 347 g/mol. The molecule has 0 saturated carbocycles. The Morgan fingerprint density at radius 2 is 1.77 bits per heavy atom. The molecule has 1 atom stereocenters. The molecule has 0 radical (unpaired) electrons. The summed E-state index contributed by atoms with van der Waals surface area (Å²) in [5.74, 6) is 4.53. The van der Waals surface area contributed by atoms with Crippen molar-refractivity contribution in [3.8, 4) is 11.8 Å². The van der Waals surface area contributed by atoms with Gasteiger partial charge in [0.1, 0.15) is 11.8 Å². The summed E-state index contributed by atoms with van der Waals surface area (Å²) in [5, 5.41) is 5.68. The lowest BCUT2D eigenvalue weighted by atomic mass is 10.1. The van der Waals surface area contributed by atoms with Crippen LogP contribution < -0.4 is 10.7 Å². The van der Waals surface area contributed by atoms with Crippen molar-refractivity contribution in [2.45, 2.75) is 12.5 Å². The number of carbonyl (C=O) groups excluding carboxylic acids is 2. The van der Waals surface area contributed by atoms with E-state index in [1.165, 1.54) is 5.01 Å². The van der Waals surface area contributed by atoms with Crippen LogP contribution in [0.15, 0.2) is 65.8 Å². The molecule has 1 heterocycles. The summed E-state index contributed by atoms with van der Waals surface area (Å²) in [6, 6.07) is 17.7. The largest absolute Gasteiger partial charge is 0.448 e. The van der Waals surface area contributed by atoms with Gasteiger partial charge in [0.25, 0.3) is 0 Å². The summed E-state index contributed by atoms with van der Waals surface area (Å²) in [5.41, 5.74) is 7.12. The third-order valence-electron chi connectivity index (χ3n) is 3.78. The van der Waals surface area contributed by atoms with Crippen molar-refractivity contribution in [1.29, 1.82) is 0 Å². The summed E-state index contributed by atoms with van der Waals surface area (Å²) >= 11 is 0. The van der Waals surface area contributed by atoms with Crippen molar-refractivity contribution < 1.29 is 14.3 Å². The highest BCUT2D eigenvalue weighted by atomic mass is 16.5. The van der Waals surface area contributed by atoms with E-state index in [4.69, 9.17) is 10.5 Å². The van der Waals surface area contributed by atoms with Gasteiger partial charge < -0.3 is 10.5 Å². The number of nitrogens with zero attached hydrogens (tertiary/aromatic N) is 2. The molecule has 130 valence electrons. The average Bonchev–Trinajstić information content (AvgIpc) is 3.12. The zero-order valence-corrected chi connectivity index (χ0v) is 14.0. The fourth-order valence-corrected chi connectivity index (χ4v) is 2.52. The number of benzene rings is 2. The minimum Gasteiger partial charge on any atom is -0.448 e. The number of rotatable bonds is 4. The molecule has 26 heavy (non-hydrogen) atoms. The zero-order chi connectivity index (χ0) is 18.4. The average molecular weight is 347 g/mol. The Morgan fingerprint density at radius 3 is 2.42 bits per heavy atom. The van der Waals surface area contributed by atoms with Gasteiger partial charge in [-0.1, -0.05) is 48.2 Å². The fourth-order valence-electron chi connectivity index (χ4n) is 2.52. The van der Waals surface area contributed by atoms with Crippen molar-refractivity contribution in [2.75, 3.05) is 11.6 Å². The van der Waals surface area contributed by atoms with Crippen LogP contribution in [-0.4, -0.2) is 30.2 Å². The fraction of sp³-hybridized carbons (Fsp3) is 0.150. The number of anilines is 1. The van der Waals surface area contributed by atoms with E-state index >= 15 is 0 Å². The van der Waals surface area contributed by atoms with Crippen LogP contribution in [0.5, 0.6) is 0 Å². The second-order valence-electron chi connectivity index (χ2n) is 5.59. The van der Waals surface area contributed by atoms with Crippen LogP contribution in [0.25, 0.3) is 0 Å². The number of amides is 1. The lowest BCUT2D eigenvalue weighted by Gasteiger charge is -2.20. The molecule has 1 unspecified atom stereocenters. The molecular formula is C20H17N3O3. The Labute approximate surface area is 151 Å². The summed E-state index contributed by atoms with van der Waals surface area (Å²) in [6.45, 7) is -0.0562. The summed E-state index contributed by atoms with van der Waals surface area (Å²) < 4.78 is 5.14. The van der Waals surface area contributed by atoms with Gasteiger partial charge in [-0.25, -0.2) is 4.79 Å². The van der Waals surface area contributed by atoms with Gasteiger partial charge >= 0.3 is 5.97 Å². The first-order valence-corrected chi connectivity index (χ1v) is 8.07. The van der Waals surface area contributed by atoms with Crippen LogP contribution in [0.1, 0.15) is 12.0 Å². The highest BCUT2D eigenvalue weighted by Crippen LogP contribution is 2.24. The highest BCUT2D eigenvalue weighted by molar-refractivity contribution is 6.38. The van der Waals surface area contributed by atoms with Crippen molar-refractivity contribution in [2.24, 2.45) is 10.8 Å². The molecule has 0 fully saturated rings. The number of para-hydroxylation sites is 1. The van der Waals surface area contributed by atoms with Crippen LogP contribution in [0.4, 0.5) is 5.69 Å². The Hall–Kier alpha value is -3.59. The summed E-state index contributed by atoms with van der Waals surface area (Å²) in [7, 11) is 0. The molecule has 0 saturated heterocycles. The van der Waals surface area contributed by atoms with Gasteiger partial charge in [0.15, 0.2) is 6.61 Å². The zero-order valence-electron chi connectivity index (χ0n) is 14.0. The topological polar surface area (TPSA) is 85.0 Å². The first-order valence-electron chi connectivity index (χ1n) is 8.07. The van der Waals surface area contributed by atoms with Crippen molar-refractivity contribution >= 4 is 23.3 Å². The van der Waals surface area contributed by atoms with Gasteiger partial charge in [-0.2, -0.15) is 5.10 Å². The van der Waals surface area contributed by atoms with Crippen LogP contribution in [-0.2, 0) is 14.3 Å². The van der Waals surface area contributed by atoms with E-state index in [-0.39, 0.29) is 18.7 Å². The van der Waals surface area contributed by atoms with Gasteiger partial charge in [-0.15, -0.1) is 0 Å². The van der Waals surface area contributed by atoms with Crippen molar-refractivity contribution in [3.05, 3.63) is 66.2 Å². The molecule has 0 aliphatic carbocycles. The number of hydrogen-bond acceptors (Lipinski definition) is 5. The maximum absolute atomic E-state index is 12.2. The minimum atomic E-state index is -0.713. The number of esters is 1. The first-order chi connectivity index (χ1) is 12.6. The van der Waals surface area contributed by atoms with Gasteiger partial charge in [0, 0.05) is 12.0 Å². The van der Waals surface area contributed by atoms with Crippen LogP contribution >= 0.6 is 0 Å². The van der Waals surface area contributed by atoms with Gasteiger partial charge in [0.05, 0.1) is 5.69 Å². The molecule has 1 aliphatic heterocycles. The molecule has 6 heteroatoms. The molecule has 2 N–H and O–H groups in total. The molecule has 2 aromatic rings. The first kappa shape index (κ1) is 17.2. The summed E-state index contributed by atoms with van der Waals surface area (Å²) in [6.07, 6.45) is 0.106. The molecule has 1 amide bonds. The van der Waals surface area contributed by atoms with E-state index in [0.29, 0.717) is 5.69 Å². The summed E-state index contributed by atoms with van der Waals surface area (Å²) in [4.78, 5) is 23.9. The van der Waals surface area contributed by atoms with Gasteiger partial charge in [-0.3, -0.25) is 9.80 Å². The lowest BCUT2D eigenvalue weighted by Crippen LogP contribution is -2.39. The number of nitrogens with two attached hydrogens (primary N) is 1. The molecule has 0 aromatic heterocycles. The Morgan fingerprint density at radius 1 is 1.12 bits per heavy atom. The predicted molar refractivity (Wildman–Crippen MR) is 98.2 cm³/mol. The highest BCUT2D eigenvalue weighted by Gasteiger charge is 2.35. The molecule has 2 aromatic carbocycles. The van der Waals surface area contributed by atoms with Crippen LogP contribution in [0.2, 0.25) is 0 Å². The van der Waals surface area contributed by atoms with E-state index in [9.17, 15) is 9.59 Å². The normalized spacial score (nSPS) is 15.6. The SMILES string of the molecule is NC(=O)C1CC(C(=O)OCC#Cc2ccccc2)=NN1c1ccccc1. The molecular weight excluding hydrogens is 330 g/mol. The number of ether oxygens (including phenoxy) is 1. The Kier molecular flexibility index (Phi) is 5.30. The standard InChI is InChI=1S/C20H17N3O3/c21-19(24)18-14-17(22-23(18)16-11-5-2-6-12-16)20(25)26-13-7-10-15-8-3-1-4-9-15/h1-6,8-9,11-12,18H,13-14H2,(H2,21,24). The number of carbonyl (C=O) groups is 2. The molecule has 6 nitrogen and oxygen atoms in total. The second kappa shape index (κ2) is 7.99. The Bertz CT molecular complexity index is 883. The van der Waals surface area contributed by atoms with Crippen LogP contribution in [0.3, 0.4) is 0 Å². The third kappa shape index (κ3) is 4.08. The van der Waals surface area contributed by atoms with E-state index < -0.39 is 17.9 Å². The minimum absolute atomic E-state index is 0.0562. The van der Waals surface area contributed by atoms with E-state index in [2.05, 4.69) is 16.9 Å². The van der Waals surface area contributed by atoms with Crippen LogP contribution in [0, 0.1) is 11.8 Å². The molecule has 0 bridgehead atoms. The maximum atomic E-state index is 12.2. The van der Waals surface area contributed by atoms with E-state index in [1.54, 1.807) is 12.1 Å². The third-order valence-corrected chi connectivity index (χ3v) is 3.78. The van der Waals surface area contributed by atoms with Gasteiger partial charge in [0.2, 0.25) is 5.91 Å². The smallest absolute Gasteiger partial charge is 0.355 e. The van der Waals surface area contributed by atoms with Gasteiger partial charge in [-0.05, 0) is 24.3 Å². The predicted octanol–water partition coefficient (Wildman–Crippen LogP) is 1.70. The van der Waals surface area contributed by atoms with Crippen molar-refractivity contribution in [3.63, 3.8) is 0 Å². The molecule has 0 spiro atoms.